The molecule has 8 nitrogen and oxygen atoms in total. The van der Waals surface area contributed by atoms with Crippen molar-refractivity contribution in [2.45, 2.75) is 51.2 Å². The van der Waals surface area contributed by atoms with Gasteiger partial charge in [0.15, 0.2) is 0 Å². The first-order valence-corrected chi connectivity index (χ1v) is 16.6. The molecule has 1 saturated carbocycles. The molecule has 4 aromatic rings. The van der Waals surface area contributed by atoms with Crippen LogP contribution in [0, 0.1) is 5.92 Å². The van der Waals surface area contributed by atoms with Crippen LogP contribution in [0.1, 0.15) is 43.4 Å². The highest BCUT2D eigenvalue weighted by molar-refractivity contribution is 6.39. The summed E-state index contributed by atoms with van der Waals surface area (Å²) < 4.78 is 11.3. The largest absolute Gasteiger partial charge is 0.481 e. The lowest BCUT2D eigenvalue weighted by Gasteiger charge is -2.25. The van der Waals surface area contributed by atoms with E-state index in [4.69, 9.17) is 42.6 Å². The number of benzene rings is 2. The summed E-state index contributed by atoms with van der Waals surface area (Å²) in [6, 6.07) is 16.1. The van der Waals surface area contributed by atoms with Gasteiger partial charge >= 0.3 is 0 Å². The second-order valence-electron chi connectivity index (χ2n) is 12.0. The standard InChI is InChI=1S/C36H40Cl2N6O2/c1-22-13-15-25(42-22)19-40-18-24-14-16-30(43-35(24)45-2)28-11-5-9-26(33(28)37)27-10-6-12-29(34(27)38)31-21-41-32(36(44-31)46-3)20-39-17-23-7-4-8-23/h5-6,9-12,14,16,21,23,25,39-40,42H,1,4,7-8,13,15,17-20H2,2-3H3/t25-/m0/s1. The summed E-state index contributed by atoms with van der Waals surface area (Å²) in [5.74, 6) is 1.81. The summed E-state index contributed by atoms with van der Waals surface area (Å²) in [5.41, 5.74) is 7.30. The van der Waals surface area contributed by atoms with E-state index in [9.17, 15) is 0 Å². The maximum atomic E-state index is 7.08. The van der Waals surface area contributed by atoms with E-state index in [2.05, 4.69) is 27.5 Å². The van der Waals surface area contributed by atoms with Crippen LogP contribution in [0.5, 0.6) is 11.8 Å². The van der Waals surface area contributed by atoms with E-state index < -0.39 is 0 Å². The zero-order valence-electron chi connectivity index (χ0n) is 26.3. The van der Waals surface area contributed by atoms with Crippen LogP contribution in [0.25, 0.3) is 33.6 Å². The van der Waals surface area contributed by atoms with Crippen LogP contribution < -0.4 is 25.4 Å². The van der Waals surface area contributed by atoms with E-state index in [-0.39, 0.29) is 0 Å². The summed E-state index contributed by atoms with van der Waals surface area (Å²) in [6.45, 7) is 7.10. The molecule has 10 heteroatoms. The van der Waals surface area contributed by atoms with Crippen LogP contribution in [0.15, 0.2) is 67.0 Å². The van der Waals surface area contributed by atoms with Crippen molar-refractivity contribution in [3.63, 3.8) is 0 Å². The molecule has 6 rings (SSSR count). The van der Waals surface area contributed by atoms with Gasteiger partial charge < -0.3 is 25.4 Å². The number of halogens is 2. The van der Waals surface area contributed by atoms with Crippen LogP contribution in [0.3, 0.4) is 0 Å². The van der Waals surface area contributed by atoms with Gasteiger partial charge in [-0.25, -0.2) is 9.97 Å². The molecule has 3 N–H and O–H groups in total. The lowest BCUT2D eigenvalue weighted by molar-refractivity contribution is 0.299. The van der Waals surface area contributed by atoms with Crippen LogP contribution in [0.4, 0.5) is 0 Å². The van der Waals surface area contributed by atoms with E-state index in [1.807, 2.05) is 48.5 Å². The van der Waals surface area contributed by atoms with E-state index in [0.717, 1.165) is 71.1 Å². The maximum absolute atomic E-state index is 7.08. The summed E-state index contributed by atoms with van der Waals surface area (Å²) >= 11 is 14.1. The number of allylic oxidation sites excluding steroid dienone is 1. The molecule has 0 spiro atoms. The van der Waals surface area contributed by atoms with Crippen LogP contribution in [-0.2, 0) is 13.1 Å². The van der Waals surface area contributed by atoms with Crippen molar-refractivity contribution < 1.29 is 9.47 Å². The highest BCUT2D eigenvalue weighted by atomic mass is 35.5. The number of ether oxygens (including phenoxy) is 2. The zero-order chi connectivity index (χ0) is 32.0. The predicted octanol–water partition coefficient (Wildman–Crippen LogP) is 7.44. The fourth-order valence-corrected chi connectivity index (χ4v) is 6.67. The molecule has 3 heterocycles. The van der Waals surface area contributed by atoms with Crippen LogP contribution in [-0.4, -0.2) is 48.3 Å². The molecule has 0 unspecified atom stereocenters. The molecule has 1 aliphatic carbocycles. The smallest absolute Gasteiger partial charge is 0.237 e. The second kappa shape index (κ2) is 14.8. The van der Waals surface area contributed by atoms with E-state index >= 15 is 0 Å². The number of hydrogen-bond acceptors (Lipinski definition) is 8. The van der Waals surface area contributed by atoms with Gasteiger partial charge in [0.2, 0.25) is 11.8 Å². The van der Waals surface area contributed by atoms with E-state index in [1.165, 1.54) is 19.3 Å². The maximum Gasteiger partial charge on any atom is 0.237 e. The molecule has 2 fully saturated rings. The van der Waals surface area contributed by atoms with Crippen molar-refractivity contribution in [3.05, 3.63) is 88.3 Å². The Balaban J connectivity index is 1.22. The van der Waals surface area contributed by atoms with Gasteiger partial charge in [0, 0.05) is 59.2 Å². The molecule has 1 saturated heterocycles. The normalized spacial score (nSPS) is 16.3. The summed E-state index contributed by atoms with van der Waals surface area (Å²) in [4.78, 5) is 14.3. The number of nitrogens with one attached hydrogen (secondary N) is 3. The first-order valence-electron chi connectivity index (χ1n) is 15.8. The summed E-state index contributed by atoms with van der Waals surface area (Å²) in [5, 5.41) is 11.5. The second-order valence-corrected chi connectivity index (χ2v) is 12.7. The molecule has 46 heavy (non-hydrogen) atoms. The number of methoxy groups -OCH3 is 2. The molecule has 1 aliphatic heterocycles. The molecule has 0 amide bonds. The topological polar surface area (TPSA) is 93.2 Å². The van der Waals surface area contributed by atoms with Gasteiger partial charge in [0.25, 0.3) is 0 Å². The van der Waals surface area contributed by atoms with Crippen LogP contribution in [0.2, 0.25) is 10.0 Å². The molecule has 0 bridgehead atoms. The lowest BCUT2D eigenvalue weighted by atomic mass is 9.85. The third-order valence-corrected chi connectivity index (χ3v) is 9.65. The fraction of sp³-hybridized carbons (Fsp3) is 0.361. The number of pyridine rings is 1. The Hall–Kier alpha value is -3.69. The molecule has 2 aromatic heterocycles. The molecule has 240 valence electrons. The number of nitrogens with zero attached hydrogens (tertiary/aromatic N) is 3. The average Bonchev–Trinajstić information content (AvgIpc) is 3.47. The fourth-order valence-electron chi connectivity index (χ4n) is 6.02. The van der Waals surface area contributed by atoms with Gasteiger partial charge in [-0.2, -0.15) is 0 Å². The minimum absolute atomic E-state index is 0.398. The SMILES string of the molecule is C=C1CC[C@@H](CNCc2ccc(-c3cccc(-c4cccc(-c5cnc(CNCC6CCC6)c(OC)n5)c4Cl)c3Cl)nc2OC)N1. The Kier molecular flexibility index (Phi) is 10.4. The lowest BCUT2D eigenvalue weighted by Crippen LogP contribution is -2.33. The number of rotatable bonds is 13. The highest BCUT2D eigenvalue weighted by Gasteiger charge is 2.21. The van der Waals surface area contributed by atoms with Crippen molar-refractivity contribution in [2.24, 2.45) is 5.92 Å². The highest BCUT2D eigenvalue weighted by Crippen LogP contribution is 2.42. The monoisotopic (exact) mass is 658 g/mol. The minimum Gasteiger partial charge on any atom is -0.481 e. The third kappa shape index (κ3) is 7.15. The number of aromatic nitrogens is 3. The van der Waals surface area contributed by atoms with Crippen molar-refractivity contribution in [3.8, 4) is 45.4 Å². The molecular formula is C36H40Cl2N6O2. The Morgan fingerprint density at radius 1 is 0.804 bits per heavy atom. The molecular weight excluding hydrogens is 619 g/mol. The van der Waals surface area contributed by atoms with Crippen LogP contribution >= 0.6 is 23.2 Å². The van der Waals surface area contributed by atoms with E-state index in [1.54, 1.807) is 20.4 Å². The van der Waals surface area contributed by atoms with Crippen molar-refractivity contribution in [1.29, 1.82) is 0 Å². The summed E-state index contributed by atoms with van der Waals surface area (Å²) in [7, 11) is 3.25. The van der Waals surface area contributed by atoms with Gasteiger partial charge in [-0.05, 0) is 44.2 Å². The Morgan fingerprint density at radius 2 is 1.46 bits per heavy atom. The van der Waals surface area contributed by atoms with Gasteiger partial charge in [0.05, 0.1) is 41.8 Å². The van der Waals surface area contributed by atoms with Gasteiger partial charge in [0.1, 0.15) is 5.69 Å². The predicted molar refractivity (Wildman–Crippen MR) is 185 cm³/mol. The van der Waals surface area contributed by atoms with E-state index in [0.29, 0.717) is 52.3 Å². The first kappa shape index (κ1) is 32.3. The Bertz CT molecular complexity index is 1710. The Labute approximate surface area is 281 Å². The van der Waals surface area contributed by atoms with Gasteiger partial charge in [-0.3, -0.25) is 4.98 Å². The first-order chi connectivity index (χ1) is 22.4. The minimum atomic E-state index is 0.398. The molecule has 2 aromatic carbocycles. The van der Waals surface area contributed by atoms with Gasteiger partial charge in [-0.1, -0.05) is 78.7 Å². The van der Waals surface area contributed by atoms with Gasteiger partial charge in [-0.15, -0.1) is 0 Å². The van der Waals surface area contributed by atoms with Crippen molar-refractivity contribution in [2.75, 3.05) is 27.3 Å². The third-order valence-electron chi connectivity index (χ3n) is 8.84. The zero-order valence-corrected chi connectivity index (χ0v) is 27.8. The Morgan fingerprint density at radius 3 is 2.09 bits per heavy atom. The number of hydrogen-bond donors (Lipinski definition) is 3. The quantitative estimate of drug-likeness (QED) is 0.136. The molecule has 2 aliphatic rings. The van der Waals surface area contributed by atoms with Crippen molar-refractivity contribution >= 4 is 23.2 Å². The molecule has 1 atom stereocenters. The summed E-state index contributed by atoms with van der Waals surface area (Å²) in [6.07, 6.45) is 7.78. The van der Waals surface area contributed by atoms with Crippen molar-refractivity contribution in [1.82, 2.24) is 30.9 Å². The molecule has 0 radical (unpaired) electrons. The average molecular weight is 660 g/mol.